The lowest BCUT2D eigenvalue weighted by Crippen LogP contribution is -2.47. The first-order valence-electron chi connectivity index (χ1n) is 6.26. The van der Waals surface area contributed by atoms with E-state index in [2.05, 4.69) is 20.0 Å². The van der Waals surface area contributed by atoms with Gasteiger partial charge in [-0.25, -0.2) is 0 Å². The monoisotopic (exact) mass is 266 g/mol. The van der Waals surface area contributed by atoms with Crippen LogP contribution >= 0.6 is 0 Å². The van der Waals surface area contributed by atoms with Crippen LogP contribution in [0.3, 0.4) is 0 Å². The molecule has 2 heterocycles. The summed E-state index contributed by atoms with van der Waals surface area (Å²) in [5.74, 6) is 0.589. The van der Waals surface area contributed by atoms with E-state index in [1.54, 1.807) is 13.2 Å². The molecular formula is C12H18N4O3. The molecule has 1 saturated heterocycles. The Morgan fingerprint density at radius 1 is 1.32 bits per heavy atom. The molecule has 0 aliphatic carbocycles. The normalized spacial score (nSPS) is 16.4. The van der Waals surface area contributed by atoms with Crippen molar-refractivity contribution in [1.82, 2.24) is 15.1 Å². The summed E-state index contributed by atoms with van der Waals surface area (Å²) in [7, 11) is 1.56. The molecular weight excluding hydrogens is 248 g/mol. The Kier molecular flexibility index (Phi) is 4.51. The number of anilines is 1. The van der Waals surface area contributed by atoms with Gasteiger partial charge in [-0.1, -0.05) is 0 Å². The van der Waals surface area contributed by atoms with Crippen LogP contribution in [0, 0.1) is 0 Å². The molecule has 19 heavy (non-hydrogen) atoms. The summed E-state index contributed by atoms with van der Waals surface area (Å²) >= 11 is 0. The van der Waals surface area contributed by atoms with Crippen molar-refractivity contribution in [3.05, 3.63) is 12.1 Å². The summed E-state index contributed by atoms with van der Waals surface area (Å²) in [5, 5.41) is 16.7. The summed E-state index contributed by atoms with van der Waals surface area (Å²) in [5.41, 5.74) is 0. The van der Waals surface area contributed by atoms with Gasteiger partial charge in [0.15, 0.2) is 5.82 Å². The smallest absolute Gasteiger partial charge is 0.304 e. The molecule has 1 aliphatic rings. The van der Waals surface area contributed by atoms with Gasteiger partial charge in [0.2, 0.25) is 5.88 Å². The molecule has 7 heteroatoms. The number of rotatable bonds is 5. The van der Waals surface area contributed by atoms with E-state index in [9.17, 15) is 4.79 Å². The Labute approximate surface area is 111 Å². The molecule has 1 aliphatic heterocycles. The van der Waals surface area contributed by atoms with Gasteiger partial charge in [0.25, 0.3) is 0 Å². The van der Waals surface area contributed by atoms with E-state index in [1.165, 1.54) is 0 Å². The Bertz CT molecular complexity index is 415. The minimum absolute atomic E-state index is 0.197. The van der Waals surface area contributed by atoms with E-state index < -0.39 is 5.97 Å². The molecule has 0 bridgehead atoms. The molecule has 2 rings (SSSR count). The minimum atomic E-state index is -0.747. The molecule has 1 aromatic rings. The molecule has 1 fully saturated rings. The Morgan fingerprint density at radius 3 is 2.58 bits per heavy atom. The van der Waals surface area contributed by atoms with E-state index in [-0.39, 0.29) is 6.42 Å². The molecule has 1 aromatic heterocycles. The van der Waals surface area contributed by atoms with Crippen LogP contribution in [0.1, 0.15) is 6.42 Å². The summed E-state index contributed by atoms with van der Waals surface area (Å²) < 4.78 is 4.97. The van der Waals surface area contributed by atoms with Gasteiger partial charge < -0.3 is 14.7 Å². The number of aromatic nitrogens is 2. The highest BCUT2D eigenvalue weighted by Gasteiger charge is 2.18. The lowest BCUT2D eigenvalue weighted by atomic mass is 10.3. The van der Waals surface area contributed by atoms with Crippen molar-refractivity contribution >= 4 is 11.8 Å². The summed E-state index contributed by atoms with van der Waals surface area (Å²) in [4.78, 5) is 14.8. The number of carbonyl (C=O) groups is 1. The molecule has 7 nitrogen and oxygen atoms in total. The van der Waals surface area contributed by atoms with Crippen LogP contribution < -0.4 is 9.64 Å². The summed E-state index contributed by atoms with van der Waals surface area (Å²) in [6.07, 6.45) is 0.197. The topological polar surface area (TPSA) is 78.8 Å². The highest BCUT2D eigenvalue weighted by Crippen LogP contribution is 2.14. The van der Waals surface area contributed by atoms with Gasteiger partial charge in [0.1, 0.15) is 0 Å². The van der Waals surface area contributed by atoms with E-state index in [0.29, 0.717) is 12.4 Å². The SMILES string of the molecule is COc1ccc(N2CCN(CCC(=O)O)CC2)nn1. The maximum absolute atomic E-state index is 10.5. The number of hydrogen-bond acceptors (Lipinski definition) is 6. The molecule has 0 saturated carbocycles. The van der Waals surface area contributed by atoms with Crippen molar-refractivity contribution in [3.63, 3.8) is 0 Å². The van der Waals surface area contributed by atoms with Gasteiger partial charge in [-0.2, -0.15) is 0 Å². The molecule has 0 spiro atoms. The van der Waals surface area contributed by atoms with Gasteiger partial charge in [0.05, 0.1) is 13.5 Å². The first-order valence-corrected chi connectivity index (χ1v) is 6.26. The standard InChI is InChI=1S/C12H18N4O3/c1-19-11-3-2-10(13-14-11)16-8-6-15(7-9-16)5-4-12(17)18/h2-3H,4-9H2,1H3,(H,17,18). The molecule has 1 N–H and O–H groups in total. The first kappa shape index (κ1) is 13.5. The number of carboxylic acids is 1. The van der Waals surface area contributed by atoms with Gasteiger partial charge in [-0.05, 0) is 6.07 Å². The Morgan fingerprint density at radius 2 is 2.05 bits per heavy atom. The zero-order valence-electron chi connectivity index (χ0n) is 10.9. The lowest BCUT2D eigenvalue weighted by molar-refractivity contribution is -0.137. The fourth-order valence-corrected chi connectivity index (χ4v) is 2.04. The maximum atomic E-state index is 10.5. The molecule has 0 atom stereocenters. The average molecular weight is 266 g/mol. The molecule has 0 unspecified atom stereocenters. The number of nitrogens with zero attached hydrogens (tertiary/aromatic N) is 4. The van der Waals surface area contributed by atoms with Crippen LogP contribution in [-0.2, 0) is 4.79 Å². The van der Waals surface area contributed by atoms with E-state index in [1.807, 2.05) is 6.07 Å². The van der Waals surface area contributed by atoms with Crippen LogP contribution in [0.25, 0.3) is 0 Å². The molecule has 0 radical (unpaired) electrons. The Hall–Kier alpha value is -1.89. The van der Waals surface area contributed by atoms with Gasteiger partial charge >= 0.3 is 5.97 Å². The second-order valence-corrected chi connectivity index (χ2v) is 4.41. The zero-order chi connectivity index (χ0) is 13.7. The van der Waals surface area contributed by atoms with Crippen molar-refractivity contribution in [3.8, 4) is 5.88 Å². The lowest BCUT2D eigenvalue weighted by Gasteiger charge is -2.34. The average Bonchev–Trinajstić information content (AvgIpc) is 2.46. The largest absolute Gasteiger partial charge is 0.481 e. The fourth-order valence-electron chi connectivity index (χ4n) is 2.04. The highest BCUT2D eigenvalue weighted by molar-refractivity contribution is 5.66. The first-order chi connectivity index (χ1) is 9.19. The second-order valence-electron chi connectivity index (χ2n) is 4.41. The quantitative estimate of drug-likeness (QED) is 0.808. The summed E-state index contributed by atoms with van der Waals surface area (Å²) in [6.45, 7) is 3.97. The summed E-state index contributed by atoms with van der Waals surface area (Å²) in [6, 6.07) is 3.68. The predicted molar refractivity (Wildman–Crippen MR) is 69.5 cm³/mol. The van der Waals surface area contributed by atoms with Gasteiger partial charge in [-0.3, -0.25) is 9.69 Å². The van der Waals surface area contributed by atoms with Crippen LogP contribution in [0.5, 0.6) is 5.88 Å². The number of carboxylic acid groups (broad SMARTS) is 1. The van der Waals surface area contributed by atoms with Crippen LogP contribution in [0.15, 0.2) is 12.1 Å². The van der Waals surface area contributed by atoms with Crippen molar-refractivity contribution in [2.24, 2.45) is 0 Å². The maximum Gasteiger partial charge on any atom is 0.304 e. The van der Waals surface area contributed by atoms with Gasteiger partial charge in [0, 0.05) is 38.8 Å². The molecule has 0 amide bonds. The van der Waals surface area contributed by atoms with E-state index in [0.717, 1.165) is 32.0 Å². The van der Waals surface area contributed by atoms with Crippen LogP contribution in [-0.4, -0.2) is 66.0 Å². The third kappa shape index (κ3) is 3.78. The second kappa shape index (κ2) is 6.33. The van der Waals surface area contributed by atoms with Crippen molar-refractivity contribution in [2.75, 3.05) is 44.7 Å². The molecule has 104 valence electrons. The number of aliphatic carboxylic acids is 1. The third-order valence-electron chi connectivity index (χ3n) is 3.17. The van der Waals surface area contributed by atoms with Gasteiger partial charge in [-0.15, -0.1) is 10.2 Å². The third-order valence-corrected chi connectivity index (χ3v) is 3.17. The van der Waals surface area contributed by atoms with E-state index >= 15 is 0 Å². The van der Waals surface area contributed by atoms with Crippen molar-refractivity contribution in [2.45, 2.75) is 6.42 Å². The number of hydrogen-bond donors (Lipinski definition) is 1. The van der Waals surface area contributed by atoms with Crippen LogP contribution in [0.4, 0.5) is 5.82 Å². The van der Waals surface area contributed by atoms with Crippen molar-refractivity contribution in [1.29, 1.82) is 0 Å². The fraction of sp³-hybridized carbons (Fsp3) is 0.583. The van der Waals surface area contributed by atoms with Crippen LogP contribution in [0.2, 0.25) is 0 Å². The zero-order valence-corrected chi connectivity index (χ0v) is 10.9. The Balaban J connectivity index is 1.83. The number of piperazine rings is 1. The van der Waals surface area contributed by atoms with Crippen molar-refractivity contribution < 1.29 is 14.6 Å². The number of methoxy groups -OCH3 is 1. The predicted octanol–water partition coefficient (Wildman–Crippen LogP) is 0.0819. The minimum Gasteiger partial charge on any atom is -0.481 e. The molecule has 0 aromatic carbocycles. The highest BCUT2D eigenvalue weighted by atomic mass is 16.5. The van der Waals surface area contributed by atoms with E-state index in [4.69, 9.17) is 9.84 Å². The number of ether oxygens (including phenoxy) is 1.